The van der Waals surface area contributed by atoms with Crippen LogP contribution in [0.2, 0.25) is 10.0 Å². The highest BCUT2D eigenvalue weighted by molar-refractivity contribution is 6.31. The number of Topliss-reactive ketones (excluding diaryl/α,β-unsaturated/α-hetero) is 1. The van der Waals surface area contributed by atoms with E-state index in [4.69, 9.17) is 23.2 Å². The molecule has 0 aliphatic rings. The fourth-order valence-electron chi connectivity index (χ4n) is 2.10. The zero-order valence-corrected chi connectivity index (χ0v) is 15.8. The highest BCUT2D eigenvalue weighted by Gasteiger charge is 2.24. The van der Waals surface area contributed by atoms with Gasteiger partial charge in [-0.2, -0.15) is 5.11 Å². The summed E-state index contributed by atoms with van der Waals surface area (Å²) < 4.78 is 0. The van der Waals surface area contributed by atoms with E-state index >= 15 is 0 Å². The van der Waals surface area contributed by atoms with E-state index in [0.29, 0.717) is 10.7 Å². The summed E-state index contributed by atoms with van der Waals surface area (Å²) in [6.45, 7) is 2.93. The highest BCUT2D eigenvalue weighted by Crippen LogP contribution is 2.30. The van der Waals surface area contributed by atoms with Crippen LogP contribution >= 0.6 is 23.2 Å². The van der Waals surface area contributed by atoms with Gasteiger partial charge in [0.15, 0.2) is 11.5 Å². The lowest BCUT2D eigenvalue weighted by molar-refractivity contribution is -0.384. The number of amides is 1. The van der Waals surface area contributed by atoms with Gasteiger partial charge in [0, 0.05) is 21.8 Å². The first-order valence-electron chi connectivity index (χ1n) is 7.61. The molecular formula is C17H14Cl2N4O4. The van der Waals surface area contributed by atoms with Crippen molar-refractivity contribution < 1.29 is 14.5 Å². The van der Waals surface area contributed by atoms with Gasteiger partial charge in [-0.15, -0.1) is 5.11 Å². The second-order valence-electron chi connectivity index (χ2n) is 5.57. The Morgan fingerprint density at radius 3 is 2.41 bits per heavy atom. The van der Waals surface area contributed by atoms with Crippen LogP contribution < -0.4 is 5.32 Å². The number of nitrogens with one attached hydrogen (secondary N) is 1. The van der Waals surface area contributed by atoms with Gasteiger partial charge in [0.2, 0.25) is 6.04 Å². The summed E-state index contributed by atoms with van der Waals surface area (Å²) in [4.78, 5) is 34.7. The van der Waals surface area contributed by atoms with Crippen LogP contribution in [-0.2, 0) is 9.59 Å². The normalized spacial score (nSPS) is 12.0. The second-order valence-corrected chi connectivity index (χ2v) is 6.44. The fourth-order valence-corrected chi connectivity index (χ4v) is 2.43. The number of nitro groups is 1. The first kappa shape index (κ1) is 20.5. The lowest BCUT2D eigenvalue weighted by Crippen LogP contribution is -2.32. The first-order chi connectivity index (χ1) is 12.7. The highest BCUT2D eigenvalue weighted by atomic mass is 35.5. The summed E-state index contributed by atoms with van der Waals surface area (Å²) in [7, 11) is 0. The molecule has 0 aromatic heterocycles. The number of benzene rings is 2. The van der Waals surface area contributed by atoms with Crippen LogP contribution in [0.5, 0.6) is 0 Å². The van der Waals surface area contributed by atoms with Crippen LogP contribution in [0.4, 0.5) is 17.1 Å². The first-order valence-corrected chi connectivity index (χ1v) is 8.37. The minimum absolute atomic E-state index is 0.123. The van der Waals surface area contributed by atoms with Crippen molar-refractivity contribution in [2.45, 2.75) is 19.9 Å². The van der Waals surface area contributed by atoms with Gasteiger partial charge in [-0.1, -0.05) is 29.3 Å². The molecule has 0 saturated heterocycles. The number of azo groups is 1. The number of rotatable bonds is 6. The number of hydrogen-bond donors (Lipinski definition) is 1. The standard InChI is InChI=1S/C17H14Cl2N4O4/c1-9-3-4-11(18)7-14(9)20-17(25)16(10(2)24)22-21-13-6-5-12(19)8-15(13)23(26)27/h3-8,16H,1-2H3,(H,20,25). The van der Waals surface area contributed by atoms with Gasteiger partial charge >= 0.3 is 0 Å². The van der Waals surface area contributed by atoms with E-state index in [0.717, 1.165) is 11.6 Å². The lowest BCUT2D eigenvalue weighted by atomic mass is 10.1. The van der Waals surface area contributed by atoms with Crippen LogP contribution in [-0.4, -0.2) is 22.7 Å². The molecule has 0 bridgehead atoms. The van der Waals surface area contributed by atoms with Crippen LogP contribution in [0.25, 0.3) is 0 Å². The van der Waals surface area contributed by atoms with Crippen molar-refractivity contribution in [3.8, 4) is 0 Å². The third-order valence-electron chi connectivity index (χ3n) is 3.51. The molecule has 0 saturated carbocycles. The van der Waals surface area contributed by atoms with Crippen LogP contribution in [0, 0.1) is 17.0 Å². The van der Waals surface area contributed by atoms with E-state index < -0.39 is 22.7 Å². The van der Waals surface area contributed by atoms with Crippen LogP contribution in [0.1, 0.15) is 12.5 Å². The Labute approximate surface area is 164 Å². The molecule has 1 amide bonds. The number of nitrogens with zero attached hydrogens (tertiary/aromatic N) is 3. The number of ketones is 1. The molecule has 0 heterocycles. The fraction of sp³-hybridized carbons (Fsp3) is 0.176. The number of aryl methyl sites for hydroxylation is 1. The maximum absolute atomic E-state index is 12.4. The van der Waals surface area contributed by atoms with Crippen LogP contribution in [0.15, 0.2) is 46.6 Å². The molecule has 0 spiro atoms. The van der Waals surface area contributed by atoms with Gasteiger partial charge in [0.05, 0.1) is 4.92 Å². The Morgan fingerprint density at radius 2 is 1.78 bits per heavy atom. The molecule has 0 fully saturated rings. The average molecular weight is 409 g/mol. The van der Waals surface area contributed by atoms with Gasteiger partial charge in [-0.05, 0) is 43.7 Å². The average Bonchev–Trinajstić information content (AvgIpc) is 2.59. The molecule has 8 nitrogen and oxygen atoms in total. The minimum Gasteiger partial charge on any atom is -0.323 e. The Morgan fingerprint density at radius 1 is 1.15 bits per heavy atom. The quantitative estimate of drug-likeness (QED) is 0.317. The molecule has 2 aromatic rings. The SMILES string of the molecule is CC(=O)C(N=Nc1ccc(Cl)cc1[N+](=O)[O-])C(=O)Nc1cc(Cl)ccc1C. The topological polar surface area (TPSA) is 114 Å². The van der Waals surface area contributed by atoms with E-state index in [2.05, 4.69) is 15.5 Å². The maximum atomic E-state index is 12.4. The molecule has 140 valence electrons. The predicted octanol–water partition coefficient (Wildman–Crippen LogP) is 4.89. The van der Waals surface area contributed by atoms with Crippen LogP contribution in [0.3, 0.4) is 0 Å². The number of halogens is 2. The monoisotopic (exact) mass is 408 g/mol. The third-order valence-corrected chi connectivity index (χ3v) is 3.98. The second kappa shape index (κ2) is 8.70. The predicted molar refractivity (Wildman–Crippen MR) is 102 cm³/mol. The van der Waals surface area contributed by atoms with Crippen molar-refractivity contribution in [1.29, 1.82) is 0 Å². The van der Waals surface area contributed by atoms with Crippen molar-refractivity contribution in [2.24, 2.45) is 10.2 Å². The van der Waals surface area contributed by atoms with E-state index in [1.807, 2.05) is 0 Å². The molecule has 10 heteroatoms. The lowest BCUT2D eigenvalue weighted by Gasteiger charge is -2.11. The summed E-state index contributed by atoms with van der Waals surface area (Å²) >= 11 is 11.6. The van der Waals surface area contributed by atoms with Gasteiger partial charge in [0.25, 0.3) is 11.6 Å². The molecular weight excluding hydrogens is 395 g/mol. The molecule has 0 aliphatic carbocycles. The molecule has 2 rings (SSSR count). The number of hydrogen-bond acceptors (Lipinski definition) is 6. The number of carbonyl (C=O) groups is 2. The summed E-state index contributed by atoms with van der Waals surface area (Å²) in [5, 5.41) is 21.6. The molecule has 27 heavy (non-hydrogen) atoms. The number of anilines is 1. The van der Waals surface area contributed by atoms with E-state index in [9.17, 15) is 19.7 Å². The zero-order valence-electron chi connectivity index (χ0n) is 14.3. The molecule has 1 N–H and O–H groups in total. The van der Waals surface area contributed by atoms with Crippen molar-refractivity contribution in [2.75, 3.05) is 5.32 Å². The van der Waals surface area contributed by atoms with E-state index in [1.54, 1.807) is 19.1 Å². The Kier molecular flexibility index (Phi) is 6.59. The molecule has 0 radical (unpaired) electrons. The molecule has 0 aliphatic heterocycles. The summed E-state index contributed by atoms with van der Waals surface area (Å²) in [5.41, 5.74) is 0.647. The van der Waals surface area contributed by atoms with Gasteiger partial charge < -0.3 is 5.32 Å². The molecule has 2 aromatic carbocycles. The Bertz CT molecular complexity index is 947. The largest absolute Gasteiger partial charge is 0.323 e. The summed E-state index contributed by atoms with van der Waals surface area (Å²) in [6, 6.07) is 7.20. The third kappa shape index (κ3) is 5.32. The van der Waals surface area contributed by atoms with Crippen molar-refractivity contribution >= 4 is 52.0 Å². The summed E-state index contributed by atoms with van der Waals surface area (Å²) in [6.07, 6.45) is 0. The van der Waals surface area contributed by atoms with E-state index in [1.165, 1.54) is 25.1 Å². The minimum atomic E-state index is -1.47. The Balaban J connectivity index is 2.29. The van der Waals surface area contributed by atoms with Gasteiger partial charge in [0.1, 0.15) is 0 Å². The zero-order chi connectivity index (χ0) is 20.1. The number of nitro benzene ring substituents is 1. The Hall–Kier alpha value is -2.84. The van der Waals surface area contributed by atoms with E-state index in [-0.39, 0.29) is 16.4 Å². The molecule has 1 unspecified atom stereocenters. The number of carbonyl (C=O) groups excluding carboxylic acids is 2. The van der Waals surface area contributed by atoms with Gasteiger partial charge in [-0.25, -0.2) is 0 Å². The molecule has 1 atom stereocenters. The van der Waals surface area contributed by atoms with Gasteiger partial charge in [-0.3, -0.25) is 19.7 Å². The van der Waals surface area contributed by atoms with Crippen molar-refractivity contribution in [3.05, 3.63) is 62.1 Å². The van der Waals surface area contributed by atoms with Crippen molar-refractivity contribution in [3.63, 3.8) is 0 Å². The maximum Gasteiger partial charge on any atom is 0.298 e. The van der Waals surface area contributed by atoms with Crippen molar-refractivity contribution in [1.82, 2.24) is 0 Å². The summed E-state index contributed by atoms with van der Waals surface area (Å²) in [5.74, 6) is -1.30. The smallest absolute Gasteiger partial charge is 0.298 e.